The first-order valence-electron chi connectivity index (χ1n) is 15.9. The third-order valence-electron chi connectivity index (χ3n) is 9.93. The van der Waals surface area contributed by atoms with Gasteiger partial charge in [0.05, 0.1) is 0 Å². The average molecular weight is 445 g/mol. The molecule has 0 saturated heterocycles. The number of hydrogen-bond donors (Lipinski definition) is 0. The Kier molecular flexibility index (Phi) is 14.5. The monoisotopic (exact) mass is 444 g/mol. The standard InChI is InChI=1S/2C16H30/c2*1-3-7-11-15(12-8-4-1)16-13-9-5-2-6-10-14-16/h2*15-16H,1-14H2. The fourth-order valence-electron chi connectivity index (χ4n) is 7.84. The Balaban J connectivity index is 0.000000181. The van der Waals surface area contributed by atoms with Gasteiger partial charge in [-0.3, -0.25) is 0 Å². The van der Waals surface area contributed by atoms with Crippen molar-refractivity contribution in [2.45, 2.75) is 180 Å². The van der Waals surface area contributed by atoms with E-state index in [9.17, 15) is 0 Å². The minimum Gasteiger partial charge on any atom is -0.0533 e. The summed E-state index contributed by atoms with van der Waals surface area (Å²) < 4.78 is 0. The molecule has 4 aliphatic rings. The van der Waals surface area contributed by atoms with Crippen molar-refractivity contribution in [1.29, 1.82) is 0 Å². The summed E-state index contributed by atoms with van der Waals surface area (Å²) in [5.41, 5.74) is 0. The molecule has 0 heterocycles. The third-order valence-corrected chi connectivity index (χ3v) is 9.93. The summed E-state index contributed by atoms with van der Waals surface area (Å²) in [4.78, 5) is 0. The van der Waals surface area contributed by atoms with E-state index in [1.54, 1.807) is 51.4 Å². The summed E-state index contributed by atoms with van der Waals surface area (Å²) in [5.74, 6) is 4.44. The molecule has 4 rings (SSSR count). The zero-order valence-electron chi connectivity index (χ0n) is 22.1. The van der Waals surface area contributed by atoms with Gasteiger partial charge in [-0.15, -0.1) is 0 Å². The highest BCUT2D eigenvalue weighted by molar-refractivity contribution is 4.75. The van der Waals surface area contributed by atoms with E-state index < -0.39 is 0 Å². The fraction of sp³-hybridized carbons (Fsp3) is 1.00. The maximum atomic E-state index is 1.56. The van der Waals surface area contributed by atoms with Crippen molar-refractivity contribution < 1.29 is 0 Å². The van der Waals surface area contributed by atoms with Gasteiger partial charge in [-0.05, 0) is 23.7 Å². The lowest BCUT2D eigenvalue weighted by Gasteiger charge is -2.30. The molecule has 0 N–H and O–H groups in total. The molecule has 0 spiro atoms. The first-order chi connectivity index (χ1) is 15.9. The van der Waals surface area contributed by atoms with Gasteiger partial charge in [-0.1, -0.05) is 180 Å². The van der Waals surface area contributed by atoms with Crippen molar-refractivity contribution in [1.82, 2.24) is 0 Å². The van der Waals surface area contributed by atoms with Crippen molar-refractivity contribution in [3.8, 4) is 0 Å². The van der Waals surface area contributed by atoms with E-state index in [1.165, 1.54) is 128 Å². The molecule has 0 bridgehead atoms. The van der Waals surface area contributed by atoms with Gasteiger partial charge >= 0.3 is 0 Å². The van der Waals surface area contributed by atoms with Crippen LogP contribution in [0.1, 0.15) is 180 Å². The van der Waals surface area contributed by atoms with Crippen molar-refractivity contribution in [2.75, 3.05) is 0 Å². The molecule has 188 valence electrons. The third kappa shape index (κ3) is 11.0. The molecule has 4 saturated carbocycles. The lowest BCUT2D eigenvalue weighted by atomic mass is 9.76. The lowest BCUT2D eigenvalue weighted by molar-refractivity contribution is 0.221. The molecule has 0 atom stereocenters. The normalized spacial score (nSPS) is 27.8. The quantitative estimate of drug-likeness (QED) is 0.397. The van der Waals surface area contributed by atoms with Crippen LogP contribution in [0.4, 0.5) is 0 Å². The molecule has 4 fully saturated rings. The Morgan fingerprint density at radius 1 is 0.156 bits per heavy atom. The molecule has 0 amide bonds. The summed E-state index contributed by atoms with van der Waals surface area (Å²) in [6.45, 7) is 0. The van der Waals surface area contributed by atoms with Gasteiger partial charge < -0.3 is 0 Å². The van der Waals surface area contributed by atoms with Gasteiger partial charge in [0.2, 0.25) is 0 Å². The van der Waals surface area contributed by atoms with Crippen molar-refractivity contribution in [3.05, 3.63) is 0 Å². The highest BCUT2D eigenvalue weighted by Crippen LogP contribution is 2.37. The zero-order valence-corrected chi connectivity index (χ0v) is 22.1. The molecule has 32 heavy (non-hydrogen) atoms. The van der Waals surface area contributed by atoms with Gasteiger partial charge in [0.25, 0.3) is 0 Å². The van der Waals surface area contributed by atoms with Crippen molar-refractivity contribution in [2.24, 2.45) is 23.7 Å². The van der Waals surface area contributed by atoms with E-state index in [0.29, 0.717) is 0 Å². The van der Waals surface area contributed by atoms with Crippen LogP contribution in [0.2, 0.25) is 0 Å². The van der Waals surface area contributed by atoms with E-state index in [-0.39, 0.29) is 0 Å². The van der Waals surface area contributed by atoms with E-state index >= 15 is 0 Å². The zero-order chi connectivity index (χ0) is 22.1. The minimum atomic E-state index is 1.11. The Labute approximate surface area is 203 Å². The molecular weight excluding hydrogens is 384 g/mol. The van der Waals surface area contributed by atoms with Crippen LogP contribution >= 0.6 is 0 Å². The van der Waals surface area contributed by atoms with Gasteiger partial charge in [0.1, 0.15) is 0 Å². The first-order valence-corrected chi connectivity index (χ1v) is 15.9. The summed E-state index contributed by atoms with van der Waals surface area (Å²) in [5, 5.41) is 0. The second kappa shape index (κ2) is 17.4. The maximum Gasteiger partial charge on any atom is -0.0386 e. The van der Waals surface area contributed by atoms with Crippen LogP contribution < -0.4 is 0 Å². The van der Waals surface area contributed by atoms with Crippen LogP contribution in [0.3, 0.4) is 0 Å². The predicted octanol–water partition coefficient (Wildman–Crippen LogP) is 11.4. The highest BCUT2D eigenvalue weighted by Gasteiger charge is 2.23. The van der Waals surface area contributed by atoms with Gasteiger partial charge in [0, 0.05) is 0 Å². The molecule has 4 aliphatic carbocycles. The molecule has 0 radical (unpaired) electrons. The molecular formula is C32H60. The lowest BCUT2D eigenvalue weighted by Crippen LogP contribution is -2.17. The summed E-state index contributed by atoms with van der Waals surface area (Å²) in [7, 11) is 0. The van der Waals surface area contributed by atoms with Crippen LogP contribution in [0.5, 0.6) is 0 Å². The van der Waals surface area contributed by atoms with E-state index in [2.05, 4.69) is 0 Å². The Morgan fingerprint density at radius 2 is 0.281 bits per heavy atom. The Hall–Kier alpha value is 0. The molecule has 0 aromatic rings. The summed E-state index contributed by atoms with van der Waals surface area (Å²) in [6.07, 6.45) is 42.9. The van der Waals surface area contributed by atoms with E-state index in [4.69, 9.17) is 0 Å². The molecule has 0 aromatic heterocycles. The predicted molar refractivity (Wildman–Crippen MR) is 143 cm³/mol. The molecule has 0 nitrogen and oxygen atoms in total. The van der Waals surface area contributed by atoms with Gasteiger partial charge in [0.15, 0.2) is 0 Å². The van der Waals surface area contributed by atoms with Crippen LogP contribution in [0, 0.1) is 23.7 Å². The van der Waals surface area contributed by atoms with E-state index in [0.717, 1.165) is 23.7 Å². The first kappa shape index (κ1) is 26.6. The number of hydrogen-bond acceptors (Lipinski definition) is 0. The highest BCUT2D eigenvalue weighted by atomic mass is 14.3. The average Bonchev–Trinajstić information content (AvgIpc) is 2.69. The van der Waals surface area contributed by atoms with Crippen LogP contribution in [-0.4, -0.2) is 0 Å². The van der Waals surface area contributed by atoms with Gasteiger partial charge in [-0.25, -0.2) is 0 Å². The van der Waals surface area contributed by atoms with Crippen LogP contribution in [0.25, 0.3) is 0 Å². The van der Waals surface area contributed by atoms with Gasteiger partial charge in [-0.2, -0.15) is 0 Å². The van der Waals surface area contributed by atoms with Crippen LogP contribution in [0.15, 0.2) is 0 Å². The molecule has 0 aromatic carbocycles. The molecule has 0 heteroatoms. The SMILES string of the molecule is C1CCCC(C2CCCCCCC2)CCC1.C1CCCC(C2CCCCCCC2)CCC1. The summed E-state index contributed by atoms with van der Waals surface area (Å²) >= 11 is 0. The van der Waals surface area contributed by atoms with E-state index in [1.807, 2.05) is 0 Å². The Bertz CT molecular complexity index is 314. The van der Waals surface area contributed by atoms with Crippen LogP contribution in [-0.2, 0) is 0 Å². The largest absolute Gasteiger partial charge is 0.0533 e. The second-order valence-corrected chi connectivity index (χ2v) is 12.4. The smallest absolute Gasteiger partial charge is 0.0386 e. The van der Waals surface area contributed by atoms with Crippen molar-refractivity contribution in [3.63, 3.8) is 0 Å². The Morgan fingerprint density at radius 3 is 0.438 bits per heavy atom. The number of rotatable bonds is 2. The topological polar surface area (TPSA) is 0 Å². The second-order valence-electron chi connectivity index (χ2n) is 12.4. The molecule has 0 unspecified atom stereocenters. The van der Waals surface area contributed by atoms with Crippen molar-refractivity contribution >= 4 is 0 Å². The maximum absolute atomic E-state index is 1.56. The summed E-state index contributed by atoms with van der Waals surface area (Å²) in [6, 6.07) is 0. The minimum absolute atomic E-state index is 1.11. The fourth-order valence-corrected chi connectivity index (χ4v) is 7.84. The molecule has 0 aliphatic heterocycles.